The van der Waals surface area contributed by atoms with E-state index < -0.39 is 5.92 Å². The Morgan fingerprint density at radius 3 is 1.86 bits per heavy atom. The van der Waals surface area contributed by atoms with Crippen molar-refractivity contribution in [2.45, 2.75) is 52.4 Å². The molecule has 22 heavy (non-hydrogen) atoms. The third-order valence-electron chi connectivity index (χ3n) is 5.35. The lowest BCUT2D eigenvalue weighted by Crippen LogP contribution is -2.20. The van der Waals surface area contributed by atoms with E-state index in [0.717, 1.165) is 24.0 Å². The van der Waals surface area contributed by atoms with Crippen molar-refractivity contribution in [2.24, 2.45) is 11.8 Å². The van der Waals surface area contributed by atoms with Crippen molar-refractivity contribution in [3.63, 3.8) is 0 Å². The standard InChI is InChI=1S/C20H24O2/c1-5-13-7-11(3)8-14(6-2)17(13)18-19(21)15-9-12(4)10-16(15)20(18)22/h7-8,15-16,18H,4-6,9-10H2,1-3H3. The molecule has 2 aliphatic rings. The van der Waals surface area contributed by atoms with E-state index in [1.807, 2.05) is 0 Å². The van der Waals surface area contributed by atoms with Crippen LogP contribution in [0.3, 0.4) is 0 Å². The molecule has 2 saturated carbocycles. The van der Waals surface area contributed by atoms with Crippen LogP contribution in [0.25, 0.3) is 0 Å². The summed E-state index contributed by atoms with van der Waals surface area (Å²) in [5.74, 6) is -0.459. The van der Waals surface area contributed by atoms with Gasteiger partial charge in [-0.2, -0.15) is 0 Å². The molecule has 2 heteroatoms. The van der Waals surface area contributed by atoms with Crippen LogP contribution >= 0.6 is 0 Å². The smallest absolute Gasteiger partial charge is 0.151 e. The Kier molecular flexibility index (Phi) is 3.80. The van der Waals surface area contributed by atoms with Crippen LogP contribution < -0.4 is 0 Å². The first-order valence-electron chi connectivity index (χ1n) is 8.34. The van der Waals surface area contributed by atoms with Crippen molar-refractivity contribution in [3.8, 4) is 0 Å². The van der Waals surface area contributed by atoms with Crippen LogP contribution in [0.4, 0.5) is 0 Å². The number of carbonyl (C=O) groups is 2. The van der Waals surface area contributed by atoms with Crippen LogP contribution in [0.15, 0.2) is 24.3 Å². The molecule has 0 aromatic heterocycles. The Labute approximate surface area is 132 Å². The summed E-state index contributed by atoms with van der Waals surface area (Å²) in [6.45, 7) is 10.3. The van der Waals surface area contributed by atoms with E-state index in [0.29, 0.717) is 12.8 Å². The molecule has 1 aromatic carbocycles. The molecule has 0 bridgehead atoms. The van der Waals surface area contributed by atoms with Crippen LogP contribution in [0.2, 0.25) is 0 Å². The molecule has 0 heterocycles. The summed E-state index contributed by atoms with van der Waals surface area (Å²) in [7, 11) is 0. The van der Waals surface area contributed by atoms with E-state index in [1.165, 1.54) is 16.7 Å². The summed E-state index contributed by atoms with van der Waals surface area (Å²) in [6.07, 6.45) is 3.15. The topological polar surface area (TPSA) is 34.1 Å². The van der Waals surface area contributed by atoms with Gasteiger partial charge in [-0.1, -0.05) is 43.7 Å². The Hall–Kier alpha value is -1.70. The summed E-state index contributed by atoms with van der Waals surface area (Å²) < 4.78 is 0. The van der Waals surface area contributed by atoms with Gasteiger partial charge in [0.1, 0.15) is 5.92 Å². The molecule has 1 aromatic rings. The average molecular weight is 296 g/mol. The maximum absolute atomic E-state index is 12.9. The van der Waals surface area contributed by atoms with Gasteiger partial charge in [0.15, 0.2) is 11.6 Å². The van der Waals surface area contributed by atoms with Gasteiger partial charge in [-0.3, -0.25) is 9.59 Å². The minimum atomic E-state index is -0.520. The first kappa shape index (κ1) is 15.2. The lowest BCUT2D eigenvalue weighted by Gasteiger charge is -2.19. The minimum Gasteiger partial charge on any atom is -0.298 e. The van der Waals surface area contributed by atoms with Gasteiger partial charge >= 0.3 is 0 Å². The normalized spacial score (nSPS) is 27.6. The second kappa shape index (κ2) is 5.49. The van der Waals surface area contributed by atoms with Crippen LogP contribution in [0.5, 0.6) is 0 Å². The van der Waals surface area contributed by atoms with Gasteiger partial charge in [0.25, 0.3) is 0 Å². The molecular weight excluding hydrogens is 272 g/mol. The van der Waals surface area contributed by atoms with Crippen molar-refractivity contribution in [1.82, 2.24) is 0 Å². The van der Waals surface area contributed by atoms with Crippen molar-refractivity contribution in [3.05, 3.63) is 46.5 Å². The maximum Gasteiger partial charge on any atom is 0.151 e. The molecule has 0 radical (unpaired) electrons. The minimum absolute atomic E-state index is 0.110. The number of benzene rings is 1. The summed E-state index contributed by atoms with van der Waals surface area (Å²) in [4.78, 5) is 25.8. The van der Waals surface area contributed by atoms with Crippen LogP contribution in [-0.4, -0.2) is 11.6 Å². The molecule has 0 amide bonds. The lowest BCUT2D eigenvalue weighted by molar-refractivity contribution is -0.125. The number of hydrogen-bond acceptors (Lipinski definition) is 2. The predicted octanol–water partition coefficient (Wildman–Crippen LogP) is 3.94. The number of fused-ring (bicyclic) bond motifs is 1. The molecule has 2 unspecified atom stereocenters. The number of rotatable bonds is 3. The summed E-state index contributed by atoms with van der Waals surface area (Å²) >= 11 is 0. The van der Waals surface area contributed by atoms with Gasteiger partial charge in [-0.05, 0) is 49.3 Å². The zero-order valence-electron chi connectivity index (χ0n) is 13.7. The highest BCUT2D eigenvalue weighted by atomic mass is 16.2. The Bertz CT molecular complexity index is 617. The lowest BCUT2D eigenvalue weighted by atomic mass is 9.83. The van der Waals surface area contributed by atoms with Crippen LogP contribution in [-0.2, 0) is 22.4 Å². The van der Waals surface area contributed by atoms with Gasteiger partial charge in [-0.25, -0.2) is 0 Å². The van der Waals surface area contributed by atoms with Crippen molar-refractivity contribution >= 4 is 11.6 Å². The number of hydrogen-bond donors (Lipinski definition) is 0. The number of allylic oxidation sites excluding steroid dienone is 1. The first-order valence-corrected chi connectivity index (χ1v) is 8.34. The molecule has 2 aliphatic carbocycles. The number of aryl methyl sites for hydroxylation is 3. The second-order valence-corrected chi connectivity index (χ2v) is 6.81. The van der Waals surface area contributed by atoms with Gasteiger partial charge in [0.05, 0.1) is 0 Å². The molecular formula is C20H24O2. The van der Waals surface area contributed by atoms with E-state index in [9.17, 15) is 9.59 Å². The van der Waals surface area contributed by atoms with E-state index in [-0.39, 0.29) is 23.4 Å². The first-order chi connectivity index (χ1) is 10.5. The van der Waals surface area contributed by atoms with Gasteiger partial charge < -0.3 is 0 Å². The fourth-order valence-electron chi connectivity index (χ4n) is 4.35. The third-order valence-corrected chi connectivity index (χ3v) is 5.35. The zero-order valence-corrected chi connectivity index (χ0v) is 13.7. The molecule has 2 fully saturated rings. The van der Waals surface area contributed by atoms with E-state index in [1.54, 1.807) is 0 Å². The molecule has 3 rings (SSSR count). The molecule has 2 atom stereocenters. The van der Waals surface area contributed by atoms with E-state index in [4.69, 9.17) is 0 Å². The third kappa shape index (κ3) is 2.16. The Morgan fingerprint density at radius 1 is 1.00 bits per heavy atom. The molecule has 0 aliphatic heterocycles. The van der Waals surface area contributed by atoms with Crippen molar-refractivity contribution in [2.75, 3.05) is 0 Å². The van der Waals surface area contributed by atoms with Gasteiger partial charge in [0.2, 0.25) is 0 Å². The molecule has 0 N–H and O–H groups in total. The number of carbonyl (C=O) groups excluding carboxylic acids is 2. The monoisotopic (exact) mass is 296 g/mol. The number of Topliss-reactive ketones (excluding diaryl/α,β-unsaturated/α-hetero) is 2. The SMILES string of the molecule is C=C1CC2C(=O)C(c3c(CC)cc(C)cc3CC)C(=O)C2C1. The fourth-order valence-corrected chi connectivity index (χ4v) is 4.35. The average Bonchev–Trinajstić information content (AvgIpc) is 2.98. The molecule has 2 nitrogen and oxygen atoms in total. The fraction of sp³-hybridized carbons (Fsp3) is 0.500. The number of ketones is 2. The predicted molar refractivity (Wildman–Crippen MR) is 88.0 cm³/mol. The highest BCUT2D eigenvalue weighted by Gasteiger charge is 2.53. The van der Waals surface area contributed by atoms with Crippen LogP contribution in [0.1, 0.15) is 54.9 Å². The highest BCUT2D eigenvalue weighted by molar-refractivity contribution is 6.16. The maximum atomic E-state index is 12.9. The van der Waals surface area contributed by atoms with E-state index in [2.05, 4.69) is 39.5 Å². The Balaban J connectivity index is 2.11. The highest BCUT2D eigenvalue weighted by Crippen LogP contribution is 2.48. The van der Waals surface area contributed by atoms with Crippen molar-refractivity contribution in [1.29, 1.82) is 0 Å². The quantitative estimate of drug-likeness (QED) is 0.625. The summed E-state index contributed by atoms with van der Waals surface area (Å²) in [6, 6.07) is 4.28. The van der Waals surface area contributed by atoms with Gasteiger partial charge in [-0.15, -0.1) is 0 Å². The second-order valence-electron chi connectivity index (χ2n) is 6.81. The Morgan fingerprint density at radius 2 is 1.45 bits per heavy atom. The van der Waals surface area contributed by atoms with Crippen LogP contribution in [0, 0.1) is 18.8 Å². The van der Waals surface area contributed by atoms with Gasteiger partial charge in [0, 0.05) is 11.8 Å². The zero-order chi connectivity index (χ0) is 16.0. The summed E-state index contributed by atoms with van der Waals surface area (Å²) in [5, 5.41) is 0. The molecule has 116 valence electrons. The van der Waals surface area contributed by atoms with Crippen molar-refractivity contribution < 1.29 is 9.59 Å². The van der Waals surface area contributed by atoms with E-state index >= 15 is 0 Å². The molecule has 0 spiro atoms. The largest absolute Gasteiger partial charge is 0.298 e. The molecule has 0 saturated heterocycles. The summed E-state index contributed by atoms with van der Waals surface area (Å²) in [5.41, 5.74) is 5.63.